The van der Waals surface area contributed by atoms with Crippen molar-refractivity contribution in [3.05, 3.63) is 77.0 Å². The van der Waals surface area contributed by atoms with Crippen molar-refractivity contribution in [2.24, 2.45) is 0 Å². The summed E-state index contributed by atoms with van der Waals surface area (Å²) in [6.07, 6.45) is 1.31. The van der Waals surface area contributed by atoms with E-state index in [1.807, 2.05) is 13.0 Å². The van der Waals surface area contributed by atoms with Crippen molar-refractivity contribution in [2.45, 2.75) is 19.6 Å². The van der Waals surface area contributed by atoms with Gasteiger partial charge in [0, 0.05) is 18.8 Å². The van der Waals surface area contributed by atoms with E-state index in [1.165, 1.54) is 6.07 Å². The quantitative estimate of drug-likeness (QED) is 0.493. The number of benzene rings is 2. The molecule has 4 rings (SSSR count). The Morgan fingerprint density at radius 2 is 1.71 bits per heavy atom. The summed E-state index contributed by atoms with van der Waals surface area (Å²) in [5.74, 6) is -1.32. The Morgan fingerprint density at radius 1 is 1.04 bits per heavy atom. The van der Waals surface area contributed by atoms with Crippen LogP contribution in [0.5, 0.6) is 0 Å². The standard InChI is InChI=1S/C20H17F2N2O3P/c1-12-6-18-20(23-9-12)19-16(22)7-15(21)8-17(19)24(18)10-13-2-4-14(5-3-13)11-28(25,26)27/h2-9H,10-11H2,1H3,(H2,25,26,27). The van der Waals surface area contributed by atoms with Gasteiger partial charge in [0.1, 0.15) is 11.6 Å². The smallest absolute Gasteiger partial charge is 0.329 e. The molecule has 2 heterocycles. The minimum absolute atomic E-state index is 0.273. The van der Waals surface area contributed by atoms with Crippen molar-refractivity contribution in [3.63, 3.8) is 0 Å². The zero-order valence-electron chi connectivity index (χ0n) is 14.9. The van der Waals surface area contributed by atoms with Gasteiger partial charge in [-0.3, -0.25) is 9.55 Å². The summed E-state index contributed by atoms with van der Waals surface area (Å²) in [5.41, 5.74) is 3.82. The minimum atomic E-state index is -4.14. The largest absolute Gasteiger partial charge is 0.334 e. The summed E-state index contributed by atoms with van der Waals surface area (Å²) in [4.78, 5) is 22.5. The highest BCUT2D eigenvalue weighted by molar-refractivity contribution is 7.50. The third-order valence-corrected chi connectivity index (χ3v) is 5.39. The average Bonchev–Trinajstić information content (AvgIpc) is 2.88. The number of hydrogen-bond acceptors (Lipinski definition) is 2. The Morgan fingerprint density at radius 3 is 2.39 bits per heavy atom. The topological polar surface area (TPSA) is 75.4 Å². The Bertz CT molecular complexity index is 1250. The number of aromatic nitrogens is 2. The maximum absolute atomic E-state index is 14.5. The van der Waals surface area contributed by atoms with Crippen LogP contribution in [-0.2, 0) is 17.3 Å². The maximum atomic E-state index is 14.5. The van der Waals surface area contributed by atoms with E-state index in [-0.39, 0.29) is 11.5 Å². The molecule has 0 saturated carbocycles. The van der Waals surface area contributed by atoms with Gasteiger partial charge in [0.2, 0.25) is 0 Å². The van der Waals surface area contributed by atoms with Crippen molar-refractivity contribution in [2.75, 3.05) is 0 Å². The van der Waals surface area contributed by atoms with Gasteiger partial charge < -0.3 is 14.4 Å². The molecule has 5 nitrogen and oxygen atoms in total. The van der Waals surface area contributed by atoms with Gasteiger partial charge in [-0.15, -0.1) is 0 Å². The minimum Gasteiger partial charge on any atom is -0.334 e. The van der Waals surface area contributed by atoms with E-state index in [1.54, 1.807) is 35.0 Å². The highest BCUT2D eigenvalue weighted by Gasteiger charge is 2.18. The molecular weight excluding hydrogens is 385 g/mol. The average molecular weight is 402 g/mol. The molecule has 2 aromatic heterocycles. The number of aryl methyl sites for hydroxylation is 1. The van der Waals surface area contributed by atoms with Crippen LogP contribution >= 0.6 is 7.60 Å². The Balaban J connectivity index is 1.83. The fraction of sp³-hybridized carbons (Fsp3) is 0.150. The molecule has 0 amide bonds. The van der Waals surface area contributed by atoms with E-state index in [4.69, 9.17) is 9.79 Å². The number of halogens is 2. The summed E-state index contributed by atoms with van der Waals surface area (Å²) in [6.45, 7) is 2.21. The molecular formula is C20H17F2N2O3P. The van der Waals surface area contributed by atoms with Gasteiger partial charge in [-0.1, -0.05) is 24.3 Å². The summed E-state index contributed by atoms with van der Waals surface area (Å²) in [5, 5.41) is 0.273. The molecule has 4 aromatic rings. The number of hydrogen-bond donors (Lipinski definition) is 2. The molecule has 0 spiro atoms. The molecule has 0 aliphatic rings. The first-order valence-corrected chi connectivity index (χ1v) is 10.4. The third kappa shape index (κ3) is 3.56. The Hall–Kier alpha value is -2.60. The van der Waals surface area contributed by atoms with Crippen LogP contribution < -0.4 is 0 Å². The van der Waals surface area contributed by atoms with Crippen LogP contribution in [0.4, 0.5) is 8.78 Å². The Labute approximate surface area is 159 Å². The Kier molecular flexibility index (Phi) is 4.54. The SMILES string of the molecule is Cc1cnc2c3c(F)cc(F)cc3n(Cc3ccc(CP(=O)(O)O)cc3)c2c1. The third-order valence-electron chi connectivity index (χ3n) is 4.61. The lowest BCUT2D eigenvalue weighted by Crippen LogP contribution is -2.00. The van der Waals surface area contributed by atoms with Crippen LogP contribution in [0.15, 0.2) is 48.7 Å². The van der Waals surface area contributed by atoms with Gasteiger partial charge in [-0.2, -0.15) is 0 Å². The molecule has 2 aromatic carbocycles. The lowest BCUT2D eigenvalue weighted by Gasteiger charge is -2.10. The second kappa shape index (κ2) is 6.78. The molecule has 8 heteroatoms. The predicted octanol–water partition coefficient (Wildman–Crippen LogP) is 4.50. The first-order valence-electron chi connectivity index (χ1n) is 8.57. The van der Waals surface area contributed by atoms with Crippen LogP contribution in [0, 0.1) is 18.6 Å². The molecule has 0 atom stereocenters. The number of pyridine rings is 1. The molecule has 0 aliphatic heterocycles. The molecule has 0 bridgehead atoms. The molecule has 0 aliphatic carbocycles. The second-order valence-corrected chi connectivity index (χ2v) is 8.53. The first-order chi connectivity index (χ1) is 13.2. The van der Waals surface area contributed by atoms with Crippen molar-refractivity contribution < 1.29 is 23.1 Å². The van der Waals surface area contributed by atoms with Gasteiger partial charge >= 0.3 is 7.60 Å². The van der Waals surface area contributed by atoms with E-state index in [2.05, 4.69) is 4.98 Å². The van der Waals surface area contributed by atoms with Crippen molar-refractivity contribution in [3.8, 4) is 0 Å². The summed E-state index contributed by atoms with van der Waals surface area (Å²) in [7, 11) is -4.14. The van der Waals surface area contributed by atoms with Crippen LogP contribution in [0.1, 0.15) is 16.7 Å². The molecule has 0 unspecified atom stereocenters. The van der Waals surface area contributed by atoms with Crippen LogP contribution in [-0.4, -0.2) is 19.3 Å². The second-order valence-electron chi connectivity index (χ2n) is 6.89. The zero-order valence-corrected chi connectivity index (χ0v) is 15.8. The van der Waals surface area contributed by atoms with Gasteiger partial charge in [-0.05, 0) is 35.7 Å². The summed E-state index contributed by atoms with van der Waals surface area (Å²) < 4.78 is 41.3. The van der Waals surface area contributed by atoms with Crippen LogP contribution in [0.3, 0.4) is 0 Å². The summed E-state index contributed by atoms with van der Waals surface area (Å²) in [6, 6.07) is 10.8. The van der Waals surface area contributed by atoms with E-state index in [0.29, 0.717) is 28.7 Å². The molecule has 144 valence electrons. The molecule has 2 N–H and O–H groups in total. The number of nitrogens with zero attached hydrogens (tertiary/aromatic N) is 2. The summed E-state index contributed by atoms with van der Waals surface area (Å²) >= 11 is 0. The number of fused-ring (bicyclic) bond motifs is 3. The van der Waals surface area contributed by atoms with Gasteiger partial charge in [-0.25, -0.2) is 8.78 Å². The van der Waals surface area contributed by atoms with E-state index in [0.717, 1.165) is 17.2 Å². The normalized spacial score (nSPS) is 12.2. The fourth-order valence-corrected chi connectivity index (χ4v) is 4.12. The van der Waals surface area contributed by atoms with E-state index < -0.39 is 19.2 Å². The molecule has 0 radical (unpaired) electrons. The van der Waals surface area contributed by atoms with Crippen molar-refractivity contribution in [1.82, 2.24) is 9.55 Å². The molecule has 0 fully saturated rings. The van der Waals surface area contributed by atoms with Crippen molar-refractivity contribution >= 4 is 29.5 Å². The highest BCUT2D eigenvalue weighted by atomic mass is 31.2. The van der Waals surface area contributed by atoms with Gasteiger partial charge in [0.15, 0.2) is 0 Å². The lowest BCUT2D eigenvalue weighted by atomic mass is 10.1. The molecule has 0 saturated heterocycles. The molecule has 28 heavy (non-hydrogen) atoms. The van der Waals surface area contributed by atoms with Gasteiger partial charge in [0.25, 0.3) is 0 Å². The fourth-order valence-electron chi connectivity index (χ4n) is 3.43. The van der Waals surface area contributed by atoms with Crippen molar-refractivity contribution in [1.29, 1.82) is 0 Å². The highest BCUT2D eigenvalue weighted by Crippen LogP contribution is 2.39. The van der Waals surface area contributed by atoms with Crippen LogP contribution in [0.25, 0.3) is 21.9 Å². The van der Waals surface area contributed by atoms with E-state index >= 15 is 0 Å². The lowest BCUT2D eigenvalue weighted by molar-refractivity contribution is 0.371. The monoisotopic (exact) mass is 402 g/mol. The van der Waals surface area contributed by atoms with E-state index in [9.17, 15) is 13.3 Å². The maximum Gasteiger partial charge on any atom is 0.329 e. The number of rotatable bonds is 4. The predicted molar refractivity (Wildman–Crippen MR) is 103 cm³/mol. The first kappa shape index (κ1) is 18.7. The van der Waals surface area contributed by atoms with Crippen LogP contribution in [0.2, 0.25) is 0 Å². The zero-order chi connectivity index (χ0) is 20.1. The van der Waals surface area contributed by atoms with Gasteiger partial charge in [0.05, 0.1) is 28.1 Å².